The lowest BCUT2D eigenvalue weighted by atomic mass is 9.93. The minimum atomic E-state index is 0.377. The molecule has 1 aliphatic heterocycles. The number of aromatic nitrogens is 2. The molecule has 0 saturated carbocycles. The summed E-state index contributed by atoms with van der Waals surface area (Å²) < 4.78 is 0. The molecule has 4 nitrogen and oxygen atoms in total. The van der Waals surface area contributed by atoms with Crippen molar-refractivity contribution in [2.45, 2.75) is 25.8 Å². The molecule has 1 aromatic rings. The van der Waals surface area contributed by atoms with Gasteiger partial charge in [-0.3, -0.25) is 5.10 Å². The predicted octanol–water partition coefficient (Wildman–Crippen LogP) is 0.861. The molecule has 0 fully saturated rings. The first-order chi connectivity index (χ1) is 5.79. The first kappa shape index (κ1) is 7.34. The normalized spacial score (nSPS) is 28.3. The third kappa shape index (κ3) is 0.995. The molecule has 0 aromatic carbocycles. The molecule has 2 unspecified atom stereocenters. The maximum Gasteiger partial charge on any atom is 0.0534 e. The van der Waals surface area contributed by atoms with Crippen molar-refractivity contribution in [3.8, 4) is 0 Å². The number of rotatable bonds is 1. The van der Waals surface area contributed by atoms with Crippen molar-refractivity contribution in [3.63, 3.8) is 0 Å². The Bertz CT molecular complexity index is 288. The highest BCUT2D eigenvalue weighted by Gasteiger charge is 2.27. The Morgan fingerprint density at radius 2 is 2.33 bits per heavy atom. The van der Waals surface area contributed by atoms with Crippen molar-refractivity contribution < 1.29 is 0 Å². The fraction of sp³-hybridized carbons (Fsp3) is 0.500. The van der Waals surface area contributed by atoms with Crippen molar-refractivity contribution in [2.24, 2.45) is 5.10 Å². The topological polar surface area (TPSA) is 53.1 Å². The minimum Gasteiger partial charge on any atom is -0.306 e. The standard InChI is InChI=1S/C8H12N4/c1-5-8(6(2)12-11-5)7-3-9-10-4-7/h3-5,8,11H,1-2H3,(H,9,10). The number of aromatic amines is 1. The third-order valence-corrected chi connectivity index (χ3v) is 2.27. The fourth-order valence-electron chi connectivity index (χ4n) is 1.67. The van der Waals surface area contributed by atoms with Crippen molar-refractivity contribution in [1.29, 1.82) is 0 Å². The molecule has 0 aliphatic carbocycles. The molecular formula is C8H12N4. The van der Waals surface area contributed by atoms with Crippen LogP contribution in [0, 0.1) is 0 Å². The van der Waals surface area contributed by atoms with Crippen LogP contribution in [0.5, 0.6) is 0 Å². The van der Waals surface area contributed by atoms with Crippen LogP contribution >= 0.6 is 0 Å². The second-order valence-corrected chi connectivity index (χ2v) is 3.18. The summed E-state index contributed by atoms with van der Waals surface area (Å²) in [5, 5.41) is 10.9. The van der Waals surface area contributed by atoms with Gasteiger partial charge in [0.25, 0.3) is 0 Å². The quantitative estimate of drug-likeness (QED) is 0.646. The molecule has 64 valence electrons. The lowest BCUT2D eigenvalue weighted by Gasteiger charge is -2.12. The first-order valence-electron chi connectivity index (χ1n) is 4.07. The van der Waals surface area contributed by atoms with Crippen molar-refractivity contribution in [2.75, 3.05) is 0 Å². The summed E-state index contributed by atoms with van der Waals surface area (Å²) in [6.07, 6.45) is 3.78. The van der Waals surface area contributed by atoms with Gasteiger partial charge in [-0.25, -0.2) is 0 Å². The maximum atomic E-state index is 4.18. The van der Waals surface area contributed by atoms with E-state index in [1.807, 2.05) is 19.3 Å². The highest BCUT2D eigenvalue weighted by Crippen LogP contribution is 2.23. The zero-order valence-electron chi connectivity index (χ0n) is 7.20. The van der Waals surface area contributed by atoms with Crippen LogP contribution in [0.15, 0.2) is 17.5 Å². The molecule has 2 atom stereocenters. The second-order valence-electron chi connectivity index (χ2n) is 3.18. The van der Waals surface area contributed by atoms with Crippen LogP contribution in [0.2, 0.25) is 0 Å². The van der Waals surface area contributed by atoms with E-state index in [9.17, 15) is 0 Å². The molecule has 2 N–H and O–H groups in total. The van der Waals surface area contributed by atoms with Gasteiger partial charge in [0.1, 0.15) is 0 Å². The number of hydrogen-bond donors (Lipinski definition) is 2. The Labute approximate surface area is 71.1 Å². The molecular weight excluding hydrogens is 152 g/mol. The summed E-state index contributed by atoms with van der Waals surface area (Å²) in [4.78, 5) is 0. The smallest absolute Gasteiger partial charge is 0.0534 e. The van der Waals surface area contributed by atoms with Crippen LogP contribution in [0.3, 0.4) is 0 Å². The molecule has 2 rings (SSSR count). The zero-order valence-corrected chi connectivity index (χ0v) is 7.20. The van der Waals surface area contributed by atoms with Crippen LogP contribution in [-0.2, 0) is 0 Å². The molecule has 0 radical (unpaired) electrons. The molecule has 0 spiro atoms. The van der Waals surface area contributed by atoms with Crippen molar-refractivity contribution in [3.05, 3.63) is 18.0 Å². The van der Waals surface area contributed by atoms with Gasteiger partial charge in [0.05, 0.1) is 12.2 Å². The van der Waals surface area contributed by atoms with E-state index in [1.54, 1.807) is 0 Å². The molecule has 1 aliphatic rings. The van der Waals surface area contributed by atoms with Crippen LogP contribution in [0.1, 0.15) is 25.3 Å². The number of hydrogen-bond acceptors (Lipinski definition) is 3. The van der Waals surface area contributed by atoms with Gasteiger partial charge in [0.2, 0.25) is 0 Å². The Morgan fingerprint density at radius 3 is 2.83 bits per heavy atom. The third-order valence-electron chi connectivity index (χ3n) is 2.27. The Balaban J connectivity index is 2.29. The van der Waals surface area contributed by atoms with Crippen molar-refractivity contribution in [1.82, 2.24) is 15.6 Å². The average molecular weight is 164 g/mol. The molecule has 2 heterocycles. The lowest BCUT2D eigenvalue weighted by Crippen LogP contribution is -2.23. The van der Waals surface area contributed by atoms with E-state index in [4.69, 9.17) is 0 Å². The number of nitrogens with zero attached hydrogens (tertiary/aromatic N) is 2. The Hall–Kier alpha value is -1.32. The fourth-order valence-corrected chi connectivity index (χ4v) is 1.67. The lowest BCUT2D eigenvalue weighted by molar-refractivity contribution is 0.589. The maximum absolute atomic E-state index is 4.18. The summed E-state index contributed by atoms with van der Waals surface area (Å²) in [7, 11) is 0. The summed E-state index contributed by atoms with van der Waals surface area (Å²) >= 11 is 0. The van der Waals surface area contributed by atoms with E-state index in [2.05, 4.69) is 27.6 Å². The van der Waals surface area contributed by atoms with Gasteiger partial charge in [0, 0.05) is 23.4 Å². The van der Waals surface area contributed by atoms with Gasteiger partial charge in [-0.15, -0.1) is 0 Å². The van der Waals surface area contributed by atoms with E-state index in [0.29, 0.717) is 12.0 Å². The summed E-state index contributed by atoms with van der Waals surface area (Å²) in [6, 6.07) is 0.377. The van der Waals surface area contributed by atoms with Gasteiger partial charge < -0.3 is 5.43 Å². The van der Waals surface area contributed by atoms with Gasteiger partial charge >= 0.3 is 0 Å². The Kier molecular flexibility index (Phi) is 1.60. The molecule has 0 saturated heterocycles. The van der Waals surface area contributed by atoms with Gasteiger partial charge in [-0.2, -0.15) is 10.2 Å². The van der Waals surface area contributed by atoms with E-state index in [1.165, 1.54) is 5.56 Å². The monoisotopic (exact) mass is 164 g/mol. The average Bonchev–Trinajstić information content (AvgIpc) is 2.61. The van der Waals surface area contributed by atoms with Crippen LogP contribution < -0.4 is 5.43 Å². The van der Waals surface area contributed by atoms with E-state index < -0.39 is 0 Å². The molecule has 0 bridgehead atoms. The zero-order chi connectivity index (χ0) is 8.55. The minimum absolute atomic E-state index is 0.377. The van der Waals surface area contributed by atoms with Gasteiger partial charge in [-0.1, -0.05) is 0 Å². The first-order valence-corrected chi connectivity index (χ1v) is 4.07. The van der Waals surface area contributed by atoms with Crippen molar-refractivity contribution >= 4 is 5.71 Å². The SMILES string of the molecule is CC1=NNC(C)C1c1cn[nH]c1. The van der Waals surface area contributed by atoms with Crippen LogP contribution in [0.25, 0.3) is 0 Å². The highest BCUT2D eigenvalue weighted by atomic mass is 15.3. The summed E-state index contributed by atoms with van der Waals surface area (Å²) in [6.45, 7) is 4.16. The van der Waals surface area contributed by atoms with Gasteiger partial charge in [0.15, 0.2) is 0 Å². The van der Waals surface area contributed by atoms with E-state index >= 15 is 0 Å². The van der Waals surface area contributed by atoms with E-state index in [-0.39, 0.29) is 0 Å². The highest BCUT2D eigenvalue weighted by molar-refractivity contribution is 5.90. The molecule has 4 heteroatoms. The number of H-pyrrole nitrogens is 1. The molecule has 1 aromatic heterocycles. The Morgan fingerprint density at radius 1 is 1.50 bits per heavy atom. The molecule has 12 heavy (non-hydrogen) atoms. The van der Waals surface area contributed by atoms with Crippen LogP contribution in [-0.4, -0.2) is 22.0 Å². The molecule has 0 amide bonds. The second kappa shape index (κ2) is 2.62. The van der Waals surface area contributed by atoms with E-state index in [0.717, 1.165) is 5.71 Å². The summed E-state index contributed by atoms with van der Waals surface area (Å²) in [5.41, 5.74) is 5.39. The number of nitrogens with one attached hydrogen (secondary N) is 2. The van der Waals surface area contributed by atoms with Gasteiger partial charge in [-0.05, 0) is 13.8 Å². The number of hydrazone groups is 1. The summed E-state index contributed by atoms with van der Waals surface area (Å²) in [5.74, 6) is 0.378. The largest absolute Gasteiger partial charge is 0.306 e. The predicted molar refractivity (Wildman–Crippen MR) is 47.0 cm³/mol. The van der Waals surface area contributed by atoms with Crippen LogP contribution in [0.4, 0.5) is 0 Å².